The highest BCUT2D eigenvalue weighted by Gasteiger charge is 2.28. The first-order valence-electron chi connectivity index (χ1n) is 7.20. The van der Waals surface area contributed by atoms with Crippen LogP contribution in [0.3, 0.4) is 0 Å². The number of methoxy groups -OCH3 is 1. The highest BCUT2D eigenvalue weighted by atomic mass is 32.2. The van der Waals surface area contributed by atoms with Crippen molar-refractivity contribution < 1.29 is 17.9 Å². The maximum Gasteiger partial charge on any atom is 0.339 e. The minimum Gasteiger partial charge on any atom is -0.465 e. The molecule has 2 aromatic carbocycles. The van der Waals surface area contributed by atoms with Gasteiger partial charge in [0.05, 0.1) is 23.9 Å². The third-order valence-corrected chi connectivity index (χ3v) is 4.79. The smallest absolute Gasteiger partial charge is 0.339 e. The summed E-state index contributed by atoms with van der Waals surface area (Å²) >= 11 is 0. The third kappa shape index (κ3) is 2.76. The first kappa shape index (κ1) is 16.1. The van der Waals surface area contributed by atoms with Crippen LogP contribution in [0, 0.1) is 0 Å². The molecule has 0 aliphatic carbocycles. The highest BCUT2D eigenvalue weighted by molar-refractivity contribution is 7.91. The molecule has 122 valence electrons. The Bertz CT molecular complexity index is 1030. The van der Waals surface area contributed by atoms with Gasteiger partial charge in [-0.1, -0.05) is 48.5 Å². The predicted molar refractivity (Wildman–Crippen MR) is 91.6 cm³/mol. The second-order valence-electron chi connectivity index (χ2n) is 5.31. The lowest BCUT2D eigenvalue weighted by Gasteiger charge is -2.14. The summed E-state index contributed by atoms with van der Waals surface area (Å²) in [4.78, 5) is 16.8. The van der Waals surface area contributed by atoms with E-state index in [1.807, 2.05) is 6.07 Å². The summed E-state index contributed by atoms with van der Waals surface area (Å²) in [5.41, 5.74) is 1.42. The van der Waals surface area contributed by atoms with Gasteiger partial charge >= 0.3 is 5.97 Å². The van der Waals surface area contributed by atoms with Gasteiger partial charge in [-0.2, -0.15) is 0 Å². The van der Waals surface area contributed by atoms with E-state index < -0.39 is 15.8 Å². The number of ether oxygens (including phenoxy) is 1. The quantitative estimate of drug-likeness (QED) is 0.685. The lowest BCUT2D eigenvalue weighted by Crippen LogP contribution is -2.13. The average Bonchev–Trinajstić information content (AvgIpc) is 2.59. The second kappa shape index (κ2) is 6.05. The Labute approximate surface area is 139 Å². The van der Waals surface area contributed by atoms with E-state index in [-0.39, 0.29) is 16.2 Å². The van der Waals surface area contributed by atoms with Gasteiger partial charge in [-0.15, -0.1) is 0 Å². The van der Waals surface area contributed by atoms with Crippen molar-refractivity contribution >= 4 is 26.7 Å². The van der Waals surface area contributed by atoms with E-state index in [1.165, 1.54) is 7.11 Å². The normalized spacial score (nSPS) is 11.4. The molecule has 0 saturated carbocycles. The van der Waals surface area contributed by atoms with Crippen LogP contribution in [0.4, 0.5) is 0 Å². The van der Waals surface area contributed by atoms with Crippen molar-refractivity contribution in [2.24, 2.45) is 0 Å². The molecular formula is C18H15NO4S. The first-order valence-corrected chi connectivity index (χ1v) is 9.09. The summed E-state index contributed by atoms with van der Waals surface area (Å²) in [7, 11) is -2.49. The number of nitrogens with zero attached hydrogens (tertiary/aromatic N) is 1. The number of aromatic nitrogens is 1. The number of esters is 1. The Morgan fingerprint density at radius 1 is 1.00 bits per heavy atom. The molecule has 0 saturated heterocycles. The number of para-hydroxylation sites is 1. The van der Waals surface area contributed by atoms with Crippen molar-refractivity contribution in [2.75, 3.05) is 13.4 Å². The number of fused-ring (bicyclic) bond motifs is 1. The van der Waals surface area contributed by atoms with E-state index in [0.717, 1.165) is 6.26 Å². The van der Waals surface area contributed by atoms with Crippen LogP contribution >= 0.6 is 0 Å². The molecule has 0 aliphatic rings. The third-order valence-electron chi connectivity index (χ3n) is 3.66. The van der Waals surface area contributed by atoms with Gasteiger partial charge in [-0.3, -0.25) is 0 Å². The number of sulfone groups is 1. The average molecular weight is 341 g/mol. The number of benzene rings is 2. The van der Waals surface area contributed by atoms with Crippen LogP contribution in [0.5, 0.6) is 0 Å². The van der Waals surface area contributed by atoms with Crippen molar-refractivity contribution in [3.05, 3.63) is 60.2 Å². The summed E-state index contributed by atoms with van der Waals surface area (Å²) in [6, 6.07) is 15.8. The predicted octanol–water partition coefficient (Wildman–Crippen LogP) is 3.09. The van der Waals surface area contributed by atoms with Crippen molar-refractivity contribution in [1.29, 1.82) is 0 Å². The van der Waals surface area contributed by atoms with Gasteiger partial charge in [-0.25, -0.2) is 18.2 Å². The van der Waals surface area contributed by atoms with Crippen LogP contribution in [0.1, 0.15) is 10.4 Å². The lowest BCUT2D eigenvalue weighted by molar-refractivity contribution is 0.0598. The van der Waals surface area contributed by atoms with Crippen LogP contribution in [0.2, 0.25) is 0 Å². The van der Waals surface area contributed by atoms with Gasteiger partial charge < -0.3 is 4.74 Å². The number of carbonyl (C=O) groups is 1. The summed E-state index contributed by atoms with van der Waals surface area (Å²) < 4.78 is 29.8. The summed E-state index contributed by atoms with van der Waals surface area (Å²) in [6.07, 6.45) is 1.07. The molecule has 0 fully saturated rings. The molecule has 6 heteroatoms. The van der Waals surface area contributed by atoms with E-state index >= 15 is 0 Å². The summed E-state index contributed by atoms with van der Waals surface area (Å²) in [5, 5.41) is 0.449. The summed E-state index contributed by atoms with van der Waals surface area (Å²) in [5.74, 6) is -0.703. The van der Waals surface area contributed by atoms with Crippen molar-refractivity contribution in [1.82, 2.24) is 4.98 Å². The van der Waals surface area contributed by atoms with E-state index in [4.69, 9.17) is 4.74 Å². The van der Waals surface area contributed by atoms with Gasteiger partial charge in [0.25, 0.3) is 0 Å². The number of carbonyl (C=O) groups excluding carboxylic acids is 1. The van der Waals surface area contributed by atoms with Crippen LogP contribution in [0.25, 0.3) is 22.2 Å². The fourth-order valence-corrected chi connectivity index (χ4v) is 3.73. The van der Waals surface area contributed by atoms with E-state index in [0.29, 0.717) is 16.5 Å². The van der Waals surface area contributed by atoms with Crippen LogP contribution in [-0.2, 0) is 14.6 Å². The molecule has 0 N–H and O–H groups in total. The highest BCUT2D eigenvalue weighted by Crippen LogP contribution is 2.33. The van der Waals surface area contributed by atoms with Gasteiger partial charge in [0.1, 0.15) is 4.90 Å². The Hall–Kier alpha value is -2.73. The molecule has 3 rings (SSSR count). The van der Waals surface area contributed by atoms with E-state index in [9.17, 15) is 13.2 Å². The molecule has 24 heavy (non-hydrogen) atoms. The molecule has 0 unspecified atom stereocenters. The van der Waals surface area contributed by atoms with E-state index in [1.54, 1.807) is 48.5 Å². The van der Waals surface area contributed by atoms with Crippen molar-refractivity contribution in [3.63, 3.8) is 0 Å². The molecule has 0 amide bonds. The Balaban J connectivity index is 2.55. The SMILES string of the molecule is COC(=O)c1c(S(C)(=O)=O)c(-c2ccccc2)nc2ccccc12. The topological polar surface area (TPSA) is 73.3 Å². The number of rotatable bonds is 3. The van der Waals surface area contributed by atoms with Gasteiger partial charge in [0.15, 0.2) is 9.84 Å². The minimum absolute atomic E-state index is 0.0180. The number of pyridine rings is 1. The molecule has 1 aromatic heterocycles. The maximum absolute atomic E-state index is 12.5. The first-order chi connectivity index (χ1) is 11.4. The minimum atomic E-state index is -3.72. The van der Waals surface area contributed by atoms with Gasteiger partial charge in [0, 0.05) is 17.2 Å². The fraction of sp³-hybridized carbons (Fsp3) is 0.111. The number of hydrogen-bond acceptors (Lipinski definition) is 5. The monoisotopic (exact) mass is 341 g/mol. The Kier molecular flexibility index (Phi) is 4.07. The van der Waals surface area contributed by atoms with Crippen molar-refractivity contribution in [2.45, 2.75) is 4.90 Å². The zero-order chi connectivity index (χ0) is 17.3. The van der Waals surface area contributed by atoms with Gasteiger partial charge in [-0.05, 0) is 6.07 Å². The molecule has 0 aliphatic heterocycles. The fourth-order valence-electron chi connectivity index (χ4n) is 2.65. The Morgan fingerprint density at radius 2 is 1.62 bits per heavy atom. The molecule has 0 atom stereocenters. The molecule has 3 aromatic rings. The standard InChI is InChI=1S/C18H15NO4S/c1-23-18(20)15-13-10-6-7-11-14(13)19-16(17(15)24(2,21)22)12-8-4-3-5-9-12/h3-11H,1-2H3. The largest absolute Gasteiger partial charge is 0.465 e. The van der Waals surface area contributed by atoms with Crippen LogP contribution in [-0.4, -0.2) is 32.7 Å². The maximum atomic E-state index is 12.5. The zero-order valence-corrected chi connectivity index (χ0v) is 14.0. The lowest BCUT2D eigenvalue weighted by atomic mass is 10.0. The number of hydrogen-bond donors (Lipinski definition) is 0. The molecule has 0 radical (unpaired) electrons. The van der Waals surface area contributed by atoms with Crippen LogP contribution < -0.4 is 0 Å². The summed E-state index contributed by atoms with van der Waals surface area (Å²) in [6.45, 7) is 0. The Morgan fingerprint density at radius 3 is 2.25 bits per heavy atom. The second-order valence-corrected chi connectivity index (χ2v) is 7.26. The molecule has 5 nitrogen and oxygen atoms in total. The van der Waals surface area contributed by atoms with Crippen LogP contribution in [0.15, 0.2) is 59.5 Å². The van der Waals surface area contributed by atoms with Gasteiger partial charge in [0.2, 0.25) is 0 Å². The van der Waals surface area contributed by atoms with Crippen molar-refractivity contribution in [3.8, 4) is 11.3 Å². The molecule has 1 heterocycles. The molecular weight excluding hydrogens is 326 g/mol. The zero-order valence-electron chi connectivity index (χ0n) is 13.2. The molecule has 0 bridgehead atoms. The molecule has 0 spiro atoms. The van der Waals surface area contributed by atoms with E-state index in [2.05, 4.69) is 4.98 Å².